The maximum atomic E-state index is 5.62. The lowest BCUT2D eigenvalue weighted by Gasteiger charge is -2.22. The van der Waals surface area contributed by atoms with Gasteiger partial charge in [-0.1, -0.05) is 5.16 Å². The molecule has 0 spiro atoms. The van der Waals surface area contributed by atoms with Crippen LogP contribution in [0, 0.1) is 5.92 Å². The minimum absolute atomic E-state index is 0.483. The summed E-state index contributed by atoms with van der Waals surface area (Å²) in [5.41, 5.74) is 0. The third-order valence-corrected chi connectivity index (χ3v) is 3.71. The highest BCUT2D eigenvalue weighted by Crippen LogP contribution is 2.38. The average Bonchev–Trinajstić information content (AvgIpc) is 3.16. The maximum absolute atomic E-state index is 5.62. The standard InChI is InChI=1S/C13H21N3O2/c1-2-10(8-14-6-1)5-7-17-9-12-15-13(18-16-12)11-3-4-11/h10-11,14H,1-9H2. The highest BCUT2D eigenvalue weighted by atomic mass is 16.5. The topological polar surface area (TPSA) is 60.2 Å². The van der Waals surface area contributed by atoms with Crippen molar-refractivity contribution < 1.29 is 9.26 Å². The van der Waals surface area contributed by atoms with E-state index in [4.69, 9.17) is 9.26 Å². The van der Waals surface area contributed by atoms with Crippen LogP contribution in [0.15, 0.2) is 4.52 Å². The van der Waals surface area contributed by atoms with Crippen molar-refractivity contribution in [2.75, 3.05) is 19.7 Å². The summed E-state index contributed by atoms with van der Waals surface area (Å²) in [7, 11) is 0. The molecule has 2 heterocycles. The number of aromatic nitrogens is 2. The Kier molecular flexibility index (Phi) is 3.90. The number of nitrogens with zero attached hydrogens (tertiary/aromatic N) is 2. The molecule has 1 unspecified atom stereocenters. The first-order chi connectivity index (χ1) is 8.92. The number of hydrogen-bond acceptors (Lipinski definition) is 5. The van der Waals surface area contributed by atoms with E-state index in [0.717, 1.165) is 31.4 Å². The van der Waals surface area contributed by atoms with E-state index >= 15 is 0 Å². The predicted octanol–water partition coefficient (Wildman–Crippen LogP) is 1.85. The molecule has 3 rings (SSSR count). The van der Waals surface area contributed by atoms with Gasteiger partial charge in [-0.25, -0.2) is 0 Å². The molecule has 5 heteroatoms. The number of hydrogen-bond donors (Lipinski definition) is 1. The molecule has 1 atom stereocenters. The second-order valence-electron chi connectivity index (χ2n) is 5.38. The van der Waals surface area contributed by atoms with Crippen molar-refractivity contribution in [3.63, 3.8) is 0 Å². The first kappa shape index (κ1) is 12.1. The van der Waals surface area contributed by atoms with Crippen molar-refractivity contribution in [1.29, 1.82) is 0 Å². The molecule has 0 bridgehead atoms. The largest absolute Gasteiger partial charge is 0.373 e. The minimum atomic E-state index is 0.483. The fourth-order valence-corrected chi connectivity index (χ4v) is 2.41. The molecule has 18 heavy (non-hydrogen) atoms. The Morgan fingerprint density at radius 2 is 2.28 bits per heavy atom. The third kappa shape index (κ3) is 3.29. The molecular formula is C13H21N3O2. The van der Waals surface area contributed by atoms with Gasteiger partial charge in [0.2, 0.25) is 5.89 Å². The lowest BCUT2D eigenvalue weighted by molar-refractivity contribution is 0.0971. The number of rotatable bonds is 6. The molecule has 1 saturated carbocycles. The van der Waals surface area contributed by atoms with E-state index in [1.807, 2.05) is 0 Å². The van der Waals surface area contributed by atoms with Crippen LogP contribution in [-0.4, -0.2) is 29.8 Å². The molecule has 0 amide bonds. The minimum Gasteiger partial charge on any atom is -0.373 e. The SMILES string of the molecule is C1CNCC(CCOCc2noc(C3CC3)n2)C1. The zero-order valence-electron chi connectivity index (χ0n) is 10.7. The molecule has 1 aliphatic carbocycles. The Morgan fingerprint density at radius 1 is 1.33 bits per heavy atom. The maximum Gasteiger partial charge on any atom is 0.229 e. The second-order valence-corrected chi connectivity index (χ2v) is 5.38. The summed E-state index contributed by atoms with van der Waals surface area (Å²) >= 11 is 0. The summed E-state index contributed by atoms with van der Waals surface area (Å²) in [4.78, 5) is 4.34. The fourth-order valence-electron chi connectivity index (χ4n) is 2.41. The van der Waals surface area contributed by atoms with E-state index < -0.39 is 0 Å². The Morgan fingerprint density at radius 3 is 3.06 bits per heavy atom. The summed E-state index contributed by atoms with van der Waals surface area (Å²) in [6, 6.07) is 0. The van der Waals surface area contributed by atoms with Crippen molar-refractivity contribution >= 4 is 0 Å². The van der Waals surface area contributed by atoms with Gasteiger partial charge in [0, 0.05) is 12.5 Å². The van der Waals surface area contributed by atoms with Crippen LogP contribution in [0.5, 0.6) is 0 Å². The van der Waals surface area contributed by atoms with Crippen molar-refractivity contribution in [3.05, 3.63) is 11.7 Å². The summed E-state index contributed by atoms with van der Waals surface area (Å²) < 4.78 is 10.8. The van der Waals surface area contributed by atoms with Crippen LogP contribution in [0.2, 0.25) is 0 Å². The fraction of sp³-hybridized carbons (Fsp3) is 0.846. The lowest BCUT2D eigenvalue weighted by Crippen LogP contribution is -2.30. The molecule has 1 aromatic heterocycles. The molecular weight excluding hydrogens is 230 g/mol. The molecule has 0 aromatic carbocycles. The van der Waals surface area contributed by atoms with Gasteiger partial charge >= 0.3 is 0 Å². The Labute approximate surface area is 107 Å². The number of ether oxygens (including phenoxy) is 1. The van der Waals surface area contributed by atoms with E-state index in [1.165, 1.54) is 32.2 Å². The third-order valence-electron chi connectivity index (χ3n) is 3.71. The van der Waals surface area contributed by atoms with Crippen molar-refractivity contribution in [2.45, 2.75) is 44.6 Å². The van der Waals surface area contributed by atoms with Crippen LogP contribution < -0.4 is 5.32 Å². The Balaban J connectivity index is 1.33. The van der Waals surface area contributed by atoms with Crippen LogP contribution in [0.1, 0.15) is 49.7 Å². The molecule has 2 aliphatic rings. The van der Waals surface area contributed by atoms with Crippen LogP contribution in [0.25, 0.3) is 0 Å². The number of nitrogens with one attached hydrogen (secondary N) is 1. The molecule has 1 N–H and O–H groups in total. The van der Waals surface area contributed by atoms with Crippen LogP contribution in [0.3, 0.4) is 0 Å². The van der Waals surface area contributed by atoms with Crippen molar-refractivity contribution in [1.82, 2.24) is 15.5 Å². The van der Waals surface area contributed by atoms with Gasteiger partial charge < -0.3 is 14.6 Å². The van der Waals surface area contributed by atoms with Gasteiger partial charge in [0.05, 0.1) is 0 Å². The smallest absolute Gasteiger partial charge is 0.229 e. The lowest BCUT2D eigenvalue weighted by atomic mass is 9.97. The molecule has 2 fully saturated rings. The van der Waals surface area contributed by atoms with E-state index in [-0.39, 0.29) is 0 Å². The first-order valence-corrected chi connectivity index (χ1v) is 7.03. The Bertz CT molecular complexity index is 370. The molecule has 100 valence electrons. The Hall–Kier alpha value is -0.940. The van der Waals surface area contributed by atoms with Crippen molar-refractivity contribution in [3.8, 4) is 0 Å². The molecule has 1 aromatic rings. The number of piperidine rings is 1. The van der Waals surface area contributed by atoms with E-state index in [2.05, 4.69) is 15.5 Å². The monoisotopic (exact) mass is 251 g/mol. The highest BCUT2D eigenvalue weighted by Gasteiger charge is 2.29. The van der Waals surface area contributed by atoms with Gasteiger partial charge in [0.15, 0.2) is 5.82 Å². The normalized spacial score (nSPS) is 24.3. The van der Waals surface area contributed by atoms with Gasteiger partial charge in [-0.05, 0) is 51.1 Å². The highest BCUT2D eigenvalue weighted by molar-refractivity contribution is 5.01. The summed E-state index contributed by atoms with van der Waals surface area (Å²) in [5, 5.41) is 7.36. The second kappa shape index (κ2) is 5.80. The van der Waals surface area contributed by atoms with Crippen LogP contribution in [-0.2, 0) is 11.3 Å². The van der Waals surface area contributed by atoms with E-state index in [1.54, 1.807) is 0 Å². The first-order valence-electron chi connectivity index (χ1n) is 7.03. The van der Waals surface area contributed by atoms with Gasteiger partial charge in [0.1, 0.15) is 6.61 Å². The van der Waals surface area contributed by atoms with Gasteiger partial charge in [-0.15, -0.1) is 0 Å². The van der Waals surface area contributed by atoms with Crippen LogP contribution >= 0.6 is 0 Å². The molecule has 5 nitrogen and oxygen atoms in total. The quantitative estimate of drug-likeness (QED) is 0.782. The molecule has 1 aliphatic heterocycles. The zero-order valence-corrected chi connectivity index (χ0v) is 10.7. The molecule has 1 saturated heterocycles. The average molecular weight is 251 g/mol. The summed E-state index contributed by atoms with van der Waals surface area (Å²) in [6.07, 6.45) is 6.12. The van der Waals surface area contributed by atoms with Gasteiger partial charge in [-0.2, -0.15) is 4.98 Å². The van der Waals surface area contributed by atoms with E-state index in [0.29, 0.717) is 18.3 Å². The van der Waals surface area contributed by atoms with Gasteiger partial charge in [-0.3, -0.25) is 0 Å². The van der Waals surface area contributed by atoms with Gasteiger partial charge in [0.25, 0.3) is 0 Å². The zero-order chi connectivity index (χ0) is 12.2. The summed E-state index contributed by atoms with van der Waals surface area (Å²) in [6.45, 7) is 3.58. The summed E-state index contributed by atoms with van der Waals surface area (Å²) in [5.74, 6) is 2.79. The predicted molar refractivity (Wildman–Crippen MR) is 66.1 cm³/mol. The van der Waals surface area contributed by atoms with Crippen molar-refractivity contribution in [2.24, 2.45) is 5.92 Å². The van der Waals surface area contributed by atoms with E-state index in [9.17, 15) is 0 Å². The van der Waals surface area contributed by atoms with Crippen LogP contribution in [0.4, 0.5) is 0 Å². The molecule has 0 radical (unpaired) electrons.